The van der Waals surface area contributed by atoms with Gasteiger partial charge in [0.1, 0.15) is 5.75 Å². The Hall–Kier alpha value is -1.98. The molecule has 2 rings (SSSR count). The number of methoxy groups -OCH3 is 1. The molecule has 0 spiro atoms. The van der Waals surface area contributed by atoms with Gasteiger partial charge in [0.25, 0.3) is 0 Å². The summed E-state index contributed by atoms with van der Waals surface area (Å²) in [5, 5.41) is 12.4. The number of aliphatic hydroxyl groups excluding tert-OH is 1. The summed E-state index contributed by atoms with van der Waals surface area (Å²) in [7, 11) is 1.61. The van der Waals surface area contributed by atoms with Crippen molar-refractivity contribution in [2.75, 3.05) is 7.11 Å². The van der Waals surface area contributed by atoms with E-state index in [1.54, 1.807) is 7.11 Å². The number of fused-ring (bicyclic) bond motifs is 1. The van der Waals surface area contributed by atoms with Crippen LogP contribution in [0.1, 0.15) is 24.5 Å². The first-order valence-corrected chi connectivity index (χ1v) is 5.95. The summed E-state index contributed by atoms with van der Waals surface area (Å²) >= 11 is 0. The molecule has 0 aliphatic heterocycles. The third kappa shape index (κ3) is 2.32. The van der Waals surface area contributed by atoms with Crippen molar-refractivity contribution in [3.63, 3.8) is 0 Å². The quantitative estimate of drug-likeness (QED) is 0.831. The molecule has 2 aromatic carbocycles. The molecule has 1 unspecified atom stereocenters. The van der Waals surface area contributed by atoms with Crippen LogP contribution in [0.25, 0.3) is 10.8 Å². The van der Waals surface area contributed by atoms with Gasteiger partial charge >= 0.3 is 0 Å². The Bertz CT molecular complexity index is 581. The Morgan fingerprint density at radius 3 is 2.78 bits per heavy atom. The van der Waals surface area contributed by atoms with E-state index >= 15 is 0 Å². The lowest BCUT2D eigenvalue weighted by molar-refractivity contribution is 0.167. The predicted molar refractivity (Wildman–Crippen MR) is 73.5 cm³/mol. The molecule has 0 aliphatic rings. The van der Waals surface area contributed by atoms with Gasteiger partial charge in [-0.25, -0.2) is 0 Å². The number of hydrogen-bond acceptors (Lipinski definition) is 2. The summed E-state index contributed by atoms with van der Waals surface area (Å²) in [5.41, 5.74) is 0.825. The van der Waals surface area contributed by atoms with Crippen molar-refractivity contribution in [1.82, 2.24) is 0 Å². The minimum atomic E-state index is -0.595. The van der Waals surface area contributed by atoms with Gasteiger partial charge in [0.15, 0.2) is 0 Å². The van der Waals surface area contributed by atoms with Crippen LogP contribution in [-0.2, 0) is 0 Å². The summed E-state index contributed by atoms with van der Waals surface area (Å²) < 4.78 is 5.34. The van der Waals surface area contributed by atoms with Crippen molar-refractivity contribution in [2.45, 2.75) is 18.9 Å². The van der Waals surface area contributed by atoms with E-state index in [0.29, 0.717) is 18.6 Å². The number of ether oxygens (including phenoxy) is 1. The van der Waals surface area contributed by atoms with Gasteiger partial charge in [0, 0.05) is 12.0 Å². The maximum atomic E-state index is 10.3. The van der Waals surface area contributed by atoms with Crippen LogP contribution in [0.5, 0.6) is 5.75 Å². The number of benzene rings is 2. The third-order valence-corrected chi connectivity index (χ3v) is 3.05. The summed E-state index contributed by atoms with van der Waals surface area (Å²) in [4.78, 5) is 0. The summed E-state index contributed by atoms with van der Waals surface area (Å²) in [6, 6.07) is 11.8. The fraction of sp³-hybridized carbons (Fsp3) is 0.250. The van der Waals surface area contributed by atoms with Crippen LogP contribution in [0.4, 0.5) is 0 Å². The van der Waals surface area contributed by atoms with Gasteiger partial charge in [0.2, 0.25) is 0 Å². The second kappa shape index (κ2) is 5.57. The first-order valence-electron chi connectivity index (χ1n) is 5.95. The lowest BCUT2D eigenvalue weighted by Gasteiger charge is -2.16. The fourth-order valence-electron chi connectivity index (χ4n) is 2.16. The second-order valence-corrected chi connectivity index (χ2v) is 4.16. The lowest BCUT2D eigenvalue weighted by Crippen LogP contribution is -2.01. The van der Waals surface area contributed by atoms with Gasteiger partial charge in [0.05, 0.1) is 13.2 Å². The van der Waals surface area contributed by atoms with Crippen molar-refractivity contribution in [2.24, 2.45) is 0 Å². The molecule has 0 saturated carbocycles. The molecule has 0 bridgehead atoms. The number of aliphatic hydroxyl groups is 1. The largest absolute Gasteiger partial charge is 0.496 e. The van der Waals surface area contributed by atoms with Gasteiger partial charge in [-0.05, 0) is 23.3 Å². The zero-order chi connectivity index (χ0) is 13.0. The second-order valence-electron chi connectivity index (χ2n) is 4.16. The van der Waals surface area contributed by atoms with Gasteiger partial charge in [-0.1, -0.05) is 30.3 Å². The fourth-order valence-corrected chi connectivity index (χ4v) is 2.16. The SMILES string of the molecule is C#CCCC(O)c1c(OC)ccc2ccccc12. The molecule has 0 saturated heterocycles. The molecule has 18 heavy (non-hydrogen) atoms. The standard InChI is InChI=1S/C16H16O2/c1-3-4-9-14(17)16-13-8-6-5-7-12(13)10-11-15(16)18-2/h1,5-8,10-11,14,17H,4,9H2,2H3. The first-order chi connectivity index (χ1) is 8.77. The normalized spacial score (nSPS) is 12.1. The molecule has 0 radical (unpaired) electrons. The molecule has 0 aromatic heterocycles. The van der Waals surface area contributed by atoms with Crippen molar-refractivity contribution < 1.29 is 9.84 Å². The average molecular weight is 240 g/mol. The van der Waals surface area contributed by atoms with Gasteiger partial charge in [-0.2, -0.15) is 0 Å². The highest BCUT2D eigenvalue weighted by Gasteiger charge is 2.16. The van der Waals surface area contributed by atoms with Gasteiger partial charge in [-0.3, -0.25) is 0 Å². The summed E-state index contributed by atoms with van der Waals surface area (Å²) in [5.74, 6) is 3.26. The molecule has 0 aliphatic carbocycles. The van der Waals surface area contributed by atoms with Crippen LogP contribution < -0.4 is 4.74 Å². The molecule has 1 N–H and O–H groups in total. The zero-order valence-corrected chi connectivity index (χ0v) is 10.4. The molecule has 0 amide bonds. The van der Waals surface area contributed by atoms with Crippen molar-refractivity contribution in [3.05, 3.63) is 42.0 Å². The Kier molecular flexibility index (Phi) is 3.86. The summed E-state index contributed by atoms with van der Waals surface area (Å²) in [6.07, 6.45) is 5.74. The van der Waals surface area contributed by atoms with Crippen LogP contribution in [0, 0.1) is 12.3 Å². The lowest BCUT2D eigenvalue weighted by atomic mass is 9.97. The first kappa shape index (κ1) is 12.5. The van der Waals surface area contributed by atoms with E-state index in [0.717, 1.165) is 16.3 Å². The maximum Gasteiger partial charge on any atom is 0.125 e. The Labute approximate surface area is 107 Å². The highest BCUT2D eigenvalue weighted by Crippen LogP contribution is 2.34. The molecule has 2 heteroatoms. The van der Waals surface area contributed by atoms with Crippen LogP contribution in [0.3, 0.4) is 0 Å². The zero-order valence-electron chi connectivity index (χ0n) is 10.4. The van der Waals surface area contributed by atoms with Crippen molar-refractivity contribution >= 4 is 10.8 Å². The number of hydrogen-bond donors (Lipinski definition) is 1. The Morgan fingerprint density at radius 1 is 1.28 bits per heavy atom. The average Bonchev–Trinajstić information content (AvgIpc) is 2.43. The van der Waals surface area contributed by atoms with Crippen LogP contribution in [-0.4, -0.2) is 12.2 Å². The van der Waals surface area contributed by atoms with E-state index in [1.165, 1.54) is 0 Å². The minimum Gasteiger partial charge on any atom is -0.496 e. The topological polar surface area (TPSA) is 29.5 Å². The predicted octanol–water partition coefficient (Wildman–Crippen LogP) is 3.30. The minimum absolute atomic E-state index is 0.543. The van der Waals surface area contributed by atoms with Crippen molar-refractivity contribution in [1.29, 1.82) is 0 Å². The van der Waals surface area contributed by atoms with Crippen LogP contribution in [0.2, 0.25) is 0 Å². The summed E-state index contributed by atoms with van der Waals surface area (Å²) in [6.45, 7) is 0. The molecule has 2 nitrogen and oxygen atoms in total. The van der Waals surface area contributed by atoms with Crippen molar-refractivity contribution in [3.8, 4) is 18.1 Å². The highest BCUT2D eigenvalue weighted by atomic mass is 16.5. The molecular formula is C16H16O2. The molecular weight excluding hydrogens is 224 g/mol. The van der Waals surface area contributed by atoms with E-state index in [4.69, 9.17) is 11.2 Å². The highest BCUT2D eigenvalue weighted by molar-refractivity contribution is 5.88. The maximum absolute atomic E-state index is 10.3. The number of rotatable bonds is 4. The smallest absolute Gasteiger partial charge is 0.125 e. The monoisotopic (exact) mass is 240 g/mol. The van der Waals surface area contributed by atoms with E-state index in [1.807, 2.05) is 36.4 Å². The van der Waals surface area contributed by atoms with Gasteiger partial charge in [-0.15, -0.1) is 12.3 Å². The molecule has 0 heterocycles. The van der Waals surface area contributed by atoms with Crippen LogP contribution >= 0.6 is 0 Å². The molecule has 92 valence electrons. The van der Waals surface area contributed by atoms with E-state index in [-0.39, 0.29) is 0 Å². The van der Waals surface area contributed by atoms with E-state index < -0.39 is 6.10 Å². The van der Waals surface area contributed by atoms with E-state index in [2.05, 4.69) is 5.92 Å². The Balaban J connectivity index is 2.54. The van der Waals surface area contributed by atoms with Crippen LogP contribution in [0.15, 0.2) is 36.4 Å². The van der Waals surface area contributed by atoms with E-state index in [9.17, 15) is 5.11 Å². The van der Waals surface area contributed by atoms with Gasteiger partial charge < -0.3 is 9.84 Å². The number of terminal acetylenes is 1. The third-order valence-electron chi connectivity index (χ3n) is 3.05. The Morgan fingerprint density at radius 2 is 2.06 bits per heavy atom. The molecule has 0 fully saturated rings. The molecule has 2 aromatic rings. The molecule has 1 atom stereocenters.